The lowest BCUT2D eigenvalue weighted by molar-refractivity contribution is 0.0660. The largest absolute Gasteiger partial charge is 0.475 e. The number of carboxylic acids is 1. The van der Waals surface area contributed by atoms with Crippen LogP contribution < -0.4 is 0 Å². The third-order valence-corrected chi connectivity index (χ3v) is 3.38. The molecule has 0 amide bonds. The number of carbonyl (C=O) groups is 1. The van der Waals surface area contributed by atoms with Crippen LogP contribution in [0.5, 0.6) is 0 Å². The fourth-order valence-corrected chi connectivity index (χ4v) is 2.10. The van der Waals surface area contributed by atoms with Crippen molar-refractivity contribution in [1.82, 2.24) is 0 Å². The quantitative estimate of drug-likeness (QED) is 0.894. The Hall–Kier alpha value is -2.03. The van der Waals surface area contributed by atoms with Gasteiger partial charge in [-0.15, -0.1) is 0 Å². The Kier molecular flexibility index (Phi) is 3.24. The number of aryl methyl sites for hydroxylation is 1. The number of carboxylic acid groups (broad SMARTS) is 1. The van der Waals surface area contributed by atoms with Gasteiger partial charge in [0, 0.05) is 5.92 Å². The van der Waals surface area contributed by atoms with Gasteiger partial charge in [0.05, 0.1) is 0 Å². The van der Waals surface area contributed by atoms with Gasteiger partial charge in [-0.1, -0.05) is 25.1 Å². The van der Waals surface area contributed by atoms with Gasteiger partial charge in [-0.3, -0.25) is 0 Å². The Bertz CT molecular complexity index is 581. The van der Waals surface area contributed by atoms with E-state index in [0.29, 0.717) is 5.76 Å². The number of hydrogen-bond donors (Lipinski definition) is 1. The number of rotatable bonds is 3. The normalized spacial score (nSPS) is 12.4. The summed E-state index contributed by atoms with van der Waals surface area (Å²) in [4.78, 5) is 10.8. The van der Waals surface area contributed by atoms with Crippen molar-refractivity contribution in [2.45, 2.75) is 26.7 Å². The zero-order valence-corrected chi connectivity index (χ0v) is 10.7. The van der Waals surface area contributed by atoms with Gasteiger partial charge in [0.1, 0.15) is 5.76 Å². The van der Waals surface area contributed by atoms with Crippen molar-refractivity contribution in [3.8, 4) is 0 Å². The summed E-state index contributed by atoms with van der Waals surface area (Å²) in [6.07, 6.45) is 0. The van der Waals surface area contributed by atoms with E-state index in [4.69, 9.17) is 9.52 Å². The molecule has 1 aromatic heterocycles. The van der Waals surface area contributed by atoms with Gasteiger partial charge in [-0.25, -0.2) is 4.79 Å². The van der Waals surface area contributed by atoms with Crippen molar-refractivity contribution in [2.75, 3.05) is 0 Å². The predicted molar refractivity (Wildman–Crippen MR) is 69.1 cm³/mol. The molecule has 0 bridgehead atoms. The minimum Gasteiger partial charge on any atom is -0.475 e. The van der Waals surface area contributed by atoms with Crippen LogP contribution in [-0.4, -0.2) is 11.1 Å². The Morgan fingerprint density at radius 3 is 2.56 bits per heavy atom. The summed E-state index contributed by atoms with van der Waals surface area (Å²) in [5.74, 6) is -0.310. The molecule has 3 heteroatoms. The van der Waals surface area contributed by atoms with Gasteiger partial charge >= 0.3 is 5.97 Å². The second-order valence-electron chi connectivity index (χ2n) is 4.52. The van der Waals surface area contributed by atoms with Crippen molar-refractivity contribution in [3.05, 3.63) is 58.5 Å². The van der Waals surface area contributed by atoms with Crippen LogP contribution >= 0.6 is 0 Å². The summed E-state index contributed by atoms with van der Waals surface area (Å²) < 4.78 is 5.36. The van der Waals surface area contributed by atoms with Crippen LogP contribution in [0.4, 0.5) is 0 Å². The second kappa shape index (κ2) is 4.69. The summed E-state index contributed by atoms with van der Waals surface area (Å²) >= 11 is 0. The van der Waals surface area contributed by atoms with E-state index >= 15 is 0 Å². The van der Waals surface area contributed by atoms with E-state index in [2.05, 4.69) is 26.0 Å². The van der Waals surface area contributed by atoms with Crippen LogP contribution in [0.25, 0.3) is 0 Å². The highest BCUT2D eigenvalue weighted by molar-refractivity contribution is 5.84. The van der Waals surface area contributed by atoms with Gasteiger partial charge in [-0.2, -0.15) is 0 Å². The van der Waals surface area contributed by atoms with Crippen LogP contribution in [0.15, 0.2) is 34.7 Å². The van der Waals surface area contributed by atoms with Gasteiger partial charge in [-0.05, 0) is 42.7 Å². The van der Waals surface area contributed by atoms with Crippen LogP contribution in [0.2, 0.25) is 0 Å². The number of furan rings is 1. The van der Waals surface area contributed by atoms with Crippen molar-refractivity contribution in [3.63, 3.8) is 0 Å². The molecule has 0 radical (unpaired) electrons. The molecule has 0 saturated carbocycles. The molecule has 0 aliphatic carbocycles. The monoisotopic (exact) mass is 244 g/mol. The predicted octanol–water partition coefficient (Wildman–Crippen LogP) is 3.75. The van der Waals surface area contributed by atoms with Gasteiger partial charge in [0.2, 0.25) is 5.76 Å². The molecule has 2 aromatic rings. The molecule has 94 valence electrons. The first-order chi connectivity index (χ1) is 8.50. The minimum atomic E-state index is -1.03. The number of benzene rings is 1. The molecule has 3 nitrogen and oxygen atoms in total. The number of hydrogen-bond acceptors (Lipinski definition) is 2. The van der Waals surface area contributed by atoms with E-state index in [1.165, 1.54) is 22.8 Å². The second-order valence-corrected chi connectivity index (χ2v) is 4.52. The van der Waals surface area contributed by atoms with E-state index < -0.39 is 5.97 Å². The SMILES string of the molecule is Cc1cccc(C(C)c2ccc(C(=O)O)o2)c1C. The van der Waals surface area contributed by atoms with Gasteiger partial charge in [0.25, 0.3) is 0 Å². The highest BCUT2D eigenvalue weighted by atomic mass is 16.4. The molecule has 0 saturated heterocycles. The number of aromatic carboxylic acids is 1. The summed E-state index contributed by atoms with van der Waals surface area (Å²) in [5, 5.41) is 8.86. The highest BCUT2D eigenvalue weighted by Gasteiger charge is 2.17. The maximum atomic E-state index is 10.8. The minimum absolute atomic E-state index is 0.0119. The first-order valence-electron chi connectivity index (χ1n) is 5.90. The average Bonchev–Trinajstić information content (AvgIpc) is 2.81. The molecule has 1 heterocycles. The summed E-state index contributed by atoms with van der Waals surface area (Å²) in [5.41, 5.74) is 3.61. The Morgan fingerprint density at radius 1 is 1.22 bits per heavy atom. The molecule has 0 aliphatic rings. The smallest absolute Gasteiger partial charge is 0.371 e. The first kappa shape index (κ1) is 12.4. The highest BCUT2D eigenvalue weighted by Crippen LogP contribution is 2.29. The maximum absolute atomic E-state index is 10.8. The Morgan fingerprint density at radius 2 is 1.94 bits per heavy atom. The van der Waals surface area contributed by atoms with E-state index in [1.807, 2.05) is 13.0 Å². The average molecular weight is 244 g/mol. The zero-order valence-electron chi connectivity index (χ0n) is 10.7. The molecular weight excluding hydrogens is 228 g/mol. The van der Waals surface area contributed by atoms with Gasteiger partial charge < -0.3 is 9.52 Å². The zero-order chi connectivity index (χ0) is 13.3. The Labute approximate surface area is 106 Å². The lowest BCUT2D eigenvalue weighted by Crippen LogP contribution is -1.99. The van der Waals surface area contributed by atoms with E-state index in [9.17, 15) is 4.79 Å². The standard InChI is InChI=1S/C15H16O3/c1-9-5-4-6-12(10(9)2)11(3)13-7-8-14(18-13)15(16)17/h4-8,11H,1-3H3,(H,16,17). The topological polar surface area (TPSA) is 50.4 Å². The van der Waals surface area contributed by atoms with Crippen LogP contribution in [0.1, 0.15) is 45.8 Å². The Balaban J connectivity index is 2.38. The third-order valence-electron chi connectivity index (χ3n) is 3.38. The van der Waals surface area contributed by atoms with Crippen LogP contribution in [-0.2, 0) is 0 Å². The summed E-state index contributed by atoms with van der Waals surface area (Å²) in [7, 11) is 0. The van der Waals surface area contributed by atoms with Crippen molar-refractivity contribution >= 4 is 5.97 Å². The maximum Gasteiger partial charge on any atom is 0.371 e. The molecular formula is C15H16O3. The van der Waals surface area contributed by atoms with Crippen molar-refractivity contribution in [2.24, 2.45) is 0 Å². The summed E-state index contributed by atoms with van der Waals surface area (Å²) in [6.45, 7) is 6.16. The van der Waals surface area contributed by atoms with E-state index in [-0.39, 0.29) is 11.7 Å². The molecule has 2 rings (SSSR count). The lowest BCUT2D eigenvalue weighted by atomic mass is 9.92. The van der Waals surface area contributed by atoms with E-state index in [0.717, 1.165) is 0 Å². The molecule has 0 aliphatic heterocycles. The van der Waals surface area contributed by atoms with E-state index in [1.54, 1.807) is 6.07 Å². The molecule has 1 unspecified atom stereocenters. The van der Waals surface area contributed by atoms with Crippen LogP contribution in [0, 0.1) is 13.8 Å². The van der Waals surface area contributed by atoms with Crippen molar-refractivity contribution in [1.29, 1.82) is 0 Å². The molecule has 1 atom stereocenters. The van der Waals surface area contributed by atoms with Crippen molar-refractivity contribution < 1.29 is 14.3 Å². The fraction of sp³-hybridized carbons (Fsp3) is 0.267. The molecule has 1 N–H and O–H groups in total. The third kappa shape index (κ3) is 2.16. The molecule has 0 spiro atoms. The molecule has 1 aromatic carbocycles. The summed E-state index contributed by atoms with van der Waals surface area (Å²) in [6, 6.07) is 9.36. The van der Waals surface area contributed by atoms with Crippen LogP contribution in [0.3, 0.4) is 0 Å². The fourth-order valence-electron chi connectivity index (χ4n) is 2.10. The lowest BCUT2D eigenvalue weighted by Gasteiger charge is -2.14. The first-order valence-corrected chi connectivity index (χ1v) is 5.90. The molecule has 0 fully saturated rings. The van der Waals surface area contributed by atoms with Gasteiger partial charge in [0.15, 0.2) is 0 Å². The molecule has 18 heavy (non-hydrogen) atoms.